The Morgan fingerprint density at radius 2 is 2.05 bits per heavy atom. The predicted molar refractivity (Wildman–Crippen MR) is 88.2 cm³/mol. The summed E-state index contributed by atoms with van der Waals surface area (Å²) >= 11 is 0. The highest BCUT2D eigenvalue weighted by Crippen LogP contribution is 2.34. The van der Waals surface area contributed by atoms with Gasteiger partial charge in [-0.05, 0) is 37.3 Å². The van der Waals surface area contributed by atoms with E-state index in [4.69, 9.17) is 10.2 Å². The summed E-state index contributed by atoms with van der Waals surface area (Å²) in [5, 5.41) is 0. The average molecular weight is 290 g/mol. The SMILES string of the molecule is CCC(N)C(c1ccc(C)o1)N1CC=C(C(C)(C)C)CC1. The van der Waals surface area contributed by atoms with Crippen molar-refractivity contribution in [2.75, 3.05) is 13.1 Å². The lowest BCUT2D eigenvalue weighted by Crippen LogP contribution is -2.43. The Kier molecular flexibility index (Phi) is 4.95. The largest absolute Gasteiger partial charge is 0.465 e. The quantitative estimate of drug-likeness (QED) is 0.851. The highest BCUT2D eigenvalue weighted by atomic mass is 16.3. The van der Waals surface area contributed by atoms with Crippen molar-refractivity contribution >= 4 is 0 Å². The first-order chi connectivity index (χ1) is 9.82. The molecular formula is C18H30N2O. The highest BCUT2D eigenvalue weighted by Gasteiger charge is 2.31. The van der Waals surface area contributed by atoms with Gasteiger partial charge in [-0.2, -0.15) is 0 Å². The Morgan fingerprint density at radius 3 is 2.48 bits per heavy atom. The summed E-state index contributed by atoms with van der Waals surface area (Å²) in [5.41, 5.74) is 8.21. The van der Waals surface area contributed by atoms with Crippen molar-refractivity contribution in [1.82, 2.24) is 4.90 Å². The molecule has 3 heteroatoms. The van der Waals surface area contributed by atoms with Crippen LogP contribution in [0, 0.1) is 12.3 Å². The molecule has 0 fully saturated rings. The molecule has 118 valence electrons. The molecule has 0 radical (unpaired) electrons. The van der Waals surface area contributed by atoms with Gasteiger partial charge in [0.2, 0.25) is 0 Å². The maximum absolute atomic E-state index is 6.39. The minimum Gasteiger partial charge on any atom is -0.465 e. The summed E-state index contributed by atoms with van der Waals surface area (Å²) in [4.78, 5) is 2.46. The van der Waals surface area contributed by atoms with Crippen LogP contribution in [-0.4, -0.2) is 24.0 Å². The molecule has 2 rings (SSSR count). The fraction of sp³-hybridized carbons (Fsp3) is 0.667. The summed E-state index contributed by atoms with van der Waals surface area (Å²) in [6.07, 6.45) is 4.46. The molecule has 1 aromatic heterocycles. The third-order valence-corrected chi connectivity index (χ3v) is 4.53. The van der Waals surface area contributed by atoms with Crippen LogP contribution in [0.4, 0.5) is 0 Å². The molecule has 0 saturated heterocycles. The van der Waals surface area contributed by atoms with Crippen LogP contribution in [0.25, 0.3) is 0 Å². The van der Waals surface area contributed by atoms with Gasteiger partial charge in [-0.15, -0.1) is 0 Å². The fourth-order valence-electron chi connectivity index (χ4n) is 3.12. The van der Waals surface area contributed by atoms with Crippen LogP contribution < -0.4 is 5.73 Å². The number of hydrogen-bond acceptors (Lipinski definition) is 3. The number of nitrogens with zero attached hydrogens (tertiary/aromatic N) is 1. The molecular weight excluding hydrogens is 260 g/mol. The molecule has 1 aliphatic heterocycles. The van der Waals surface area contributed by atoms with E-state index in [2.05, 4.69) is 44.7 Å². The third-order valence-electron chi connectivity index (χ3n) is 4.53. The Labute approximate surface area is 129 Å². The normalized spacial score (nSPS) is 20.2. The van der Waals surface area contributed by atoms with Gasteiger partial charge >= 0.3 is 0 Å². The molecule has 0 saturated carbocycles. The van der Waals surface area contributed by atoms with Crippen molar-refractivity contribution in [3.63, 3.8) is 0 Å². The fourth-order valence-corrected chi connectivity index (χ4v) is 3.12. The number of furan rings is 1. The predicted octanol–water partition coefficient (Wildman–Crippen LogP) is 4.04. The van der Waals surface area contributed by atoms with Crippen LogP contribution in [0.5, 0.6) is 0 Å². The lowest BCUT2D eigenvalue weighted by molar-refractivity contribution is 0.153. The van der Waals surface area contributed by atoms with E-state index < -0.39 is 0 Å². The van der Waals surface area contributed by atoms with E-state index in [1.807, 2.05) is 13.0 Å². The van der Waals surface area contributed by atoms with Crippen LogP contribution >= 0.6 is 0 Å². The van der Waals surface area contributed by atoms with Gasteiger partial charge in [-0.25, -0.2) is 0 Å². The molecule has 1 aliphatic rings. The van der Waals surface area contributed by atoms with Crippen LogP contribution in [0.1, 0.15) is 58.1 Å². The van der Waals surface area contributed by atoms with Crippen LogP contribution in [0.3, 0.4) is 0 Å². The maximum atomic E-state index is 6.39. The molecule has 0 bridgehead atoms. The number of aryl methyl sites for hydroxylation is 1. The van der Waals surface area contributed by atoms with E-state index in [0.29, 0.717) is 0 Å². The summed E-state index contributed by atoms with van der Waals surface area (Å²) in [5.74, 6) is 1.97. The van der Waals surface area contributed by atoms with E-state index >= 15 is 0 Å². The minimum atomic E-state index is 0.111. The van der Waals surface area contributed by atoms with E-state index in [9.17, 15) is 0 Å². The van der Waals surface area contributed by atoms with E-state index in [0.717, 1.165) is 37.5 Å². The third kappa shape index (κ3) is 3.78. The van der Waals surface area contributed by atoms with Crippen molar-refractivity contribution in [1.29, 1.82) is 0 Å². The second-order valence-corrected chi connectivity index (χ2v) is 7.19. The van der Waals surface area contributed by atoms with Gasteiger partial charge in [0.15, 0.2) is 0 Å². The van der Waals surface area contributed by atoms with Gasteiger partial charge in [0, 0.05) is 19.1 Å². The highest BCUT2D eigenvalue weighted by molar-refractivity contribution is 5.18. The number of rotatable bonds is 4. The van der Waals surface area contributed by atoms with Gasteiger partial charge in [0.1, 0.15) is 11.5 Å². The average Bonchev–Trinajstić information content (AvgIpc) is 2.84. The first kappa shape index (κ1) is 16.3. The Hall–Kier alpha value is -1.06. The van der Waals surface area contributed by atoms with Gasteiger partial charge in [-0.3, -0.25) is 4.90 Å². The Morgan fingerprint density at radius 1 is 1.33 bits per heavy atom. The van der Waals surface area contributed by atoms with Crippen LogP contribution in [0.2, 0.25) is 0 Å². The van der Waals surface area contributed by atoms with Crippen LogP contribution in [0.15, 0.2) is 28.2 Å². The molecule has 1 aromatic rings. The standard InChI is InChI=1S/C18H30N2O/c1-6-15(19)17(16-8-7-13(2)21-16)20-11-9-14(10-12-20)18(3,4)5/h7-9,15,17H,6,10-12,19H2,1-5H3. The number of nitrogens with two attached hydrogens (primary N) is 1. The van der Waals surface area contributed by atoms with Crippen molar-refractivity contribution in [2.45, 2.75) is 59.5 Å². The topological polar surface area (TPSA) is 42.4 Å². The Bertz CT molecular complexity index is 496. The zero-order valence-electron chi connectivity index (χ0n) is 14.1. The van der Waals surface area contributed by atoms with Crippen molar-refractivity contribution in [3.05, 3.63) is 35.3 Å². The second kappa shape index (κ2) is 6.37. The summed E-state index contributed by atoms with van der Waals surface area (Å²) in [7, 11) is 0. The monoisotopic (exact) mass is 290 g/mol. The smallest absolute Gasteiger partial charge is 0.122 e. The Balaban J connectivity index is 2.19. The summed E-state index contributed by atoms with van der Waals surface area (Å²) in [6, 6.07) is 4.41. The summed E-state index contributed by atoms with van der Waals surface area (Å²) < 4.78 is 5.87. The molecule has 0 aliphatic carbocycles. The first-order valence-corrected chi connectivity index (χ1v) is 8.08. The molecule has 2 N–H and O–H groups in total. The van der Waals surface area contributed by atoms with Crippen LogP contribution in [-0.2, 0) is 0 Å². The summed E-state index contributed by atoms with van der Waals surface area (Å²) in [6.45, 7) is 13.0. The van der Waals surface area contributed by atoms with Gasteiger partial charge in [0.25, 0.3) is 0 Å². The first-order valence-electron chi connectivity index (χ1n) is 8.08. The maximum Gasteiger partial charge on any atom is 0.122 e. The second-order valence-electron chi connectivity index (χ2n) is 7.19. The van der Waals surface area contributed by atoms with Gasteiger partial charge < -0.3 is 10.2 Å². The van der Waals surface area contributed by atoms with Crippen molar-refractivity contribution in [3.8, 4) is 0 Å². The molecule has 2 atom stereocenters. The lowest BCUT2D eigenvalue weighted by atomic mass is 9.82. The lowest BCUT2D eigenvalue weighted by Gasteiger charge is -2.38. The van der Waals surface area contributed by atoms with E-state index in [-0.39, 0.29) is 17.5 Å². The molecule has 0 spiro atoms. The zero-order chi connectivity index (χ0) is 15.6. The van der Waals surface area contributed by atoms with Gasteiger partial charge in [0.05, 0.1) is 6.04 Å². The molecule has 0 amide bonds. The minimum absolute atomic E-state index is 0.111. The molecule has 3 nitrogen and oxygen atoms in total. The van der Waals surface area contributed by atoms with Crippen molar-refractivity contribution < 1.29 is 4.42 Å². The number of hydrogen-bond donors (Lipinski definition) is 1. The van der Waals surface area contributed by atoms with E-state index in [1.54, 1.807) is 5.57 Å². The van der Waals surface area contributed by atoms with Crippen molar-refractivity contribution in [2.24, 2.45) is 11.1 Å². The molecule has 2 heterocycles. The molecule has 2 unspecified atom stereocenters. The molecule has 0 aromatic carbocycles. The van der Waals surface area contributed by atoms with Gasteiger partial charge in [-0.1, -0.05) is 39.3 Å². The van der Waals surface area contributed by atoms with E-state index in [1.165, 1.54) is 0 Å². The molecule has 21 heavy (non-hydrogen) atoms. The zero-order valence-corrected chi connectivity index (χ0v) is 14.1.